The number of thiazole rings is 1. The Labute approximate surface area is 64.3 Å². The fourth-order valence-corrected chi connectivity index (χ4v) is 2.08. The second-order valence-electron chi connectivity index (χ2n) is 2.56. The molecular weight excluding hydrogens is 144 g/mol. The Balaban J connectivity index is 2.12. The average Bonchev–Trinajstić information content (AvgIpc) is 2.59. The molecule has 0 saturated carbocycles. The zero-order valence-corrected chi connectivity index (χ0v) is 6.53. The van der Waals surface area contributed by atoms with E-state index in [0.29, 0.717) is 5.92 Å². The second kappa shape index (κ2) is 2.68. The monoisotopic (exact) mass is 154 g/mol. The molecule has 0 aliphatic carbocycles. The molecule has 1 saturated heterocycles. The van der Waals surface area contributed by atoms with E-state index < -0.39 is 0 Å². The van der Waals surface area contributed by atoms with Gasteiger partial charge < -0.3 is 5.32 Å². The Morgan fingerprint density at radius 2 is 2.70 bits per heavy atom. The molecule has 1 aliphatic rings. The van der Waals surface area contributed by atoms with Gasteiger partial charge in [0.05, 0.1) is 5.01 Å². The second-order valence-corrected chi connectivity index (χ2v) is 3.49. The lowest BCUT2D eigenvalue weighted by Gasteiger charge is -2.00. The number of aromatic nitrogens is 1. The van der Waals surface area contributed by atoms with E-state index in [2.05, 4.69) is 10.3 Å². The minimum Gasteiger partial charge on any atom is -0.316 e. The van der Waals surface area contributed by atoms with E-state index in [0.717, 1.165) is 13.1 Å². The maximum Gasteiger partial charge on any atom is 0.0969 e. The van der Waals surface area contributed by atoms with Crippen molar-refractivity contribution in [3.05, 3.63) is 16.6 Å². The van der Waals surface area contributed by atoms with Crippen LogP contribution in [0.15, 0.2) is 11.6 Å². The summed E-state index contributed by atoms with van der Waals surface area (Å²) in [6.45, 7) is 2.28. The maximum absolute atomic E-state index is 4.28. The molecule has 1 N–H and O–H groups in total. The van der Waals surface area contributed by atoms with Crippen molar-refractivity contribution < 1.29 is 0 Å². The Hall–Kier alpha value is -0.410. The maximum atomic E-state index is 4.28. The van der Waals surface area contributed by atoms with E-state index in [1.54, 1.807) is 11.3 Å². The zero-order chi connectivity index (χ0) is 6.81. The Kier molecular flexibility index (Phi) is 1.69. The minimum atomic E-state index is 0.694. The average molecular weight is 154 g/mol. The van der Waals surface area contributed by atoms with Crippen molar-refractivity contribution in [2.45, 2.75) is 12.3 Å². The molecule has 1 aromatic rings. The summed E-state index contributed by atoms with van der Waals surface area (Å²) in [6.07, 6.45) is 3.14. The highest BCUT2D eigenvalue weighted by Crippen LogP contribution is 2.23. The topological polar surface area (TPSA) is 24.9 Å². The van der Waals surface area contributed by atoms with Crippen molar-refractivity contribution >= 4 is 11.3 Å². The SMILES string of the molecule is c1csc([C@H]2CCNC2)n1. The smallest absolute Gasteiger partial charge is 0.0969 e. The van der Waals surface area contributed by atoms with Crippen LogP contribution < -0.4 is 5.32 Å². The van der Waals surface area contributed by atoms with Crippen LogP contribution in [0.5, 0.6) is 0 Å². The zero-order valence-electron chi connectivity index (χ0n) is 5.71. The summed E-state index contributed by atoms with van der Waals surface area (Å²) < 4.78 is 0. The molecule has 0 bridgehead atoms. The lowest BCUT2D eigenvalue weighted by Crippen LogP contribution is -2.07. The van der Waals surface area contributed by atoms with E-state index in [1.165, 1.54) is 11.4 Å². The highest BCUT2D eigenvalue weighted by Gasteiger charge is 2.17. The van der Waals surface area contributed by atoms with Gasteiger partial charge in [-0.05, 0) is 13.0 Å². The van der Waals surface area contributed by atoms with Crippen LogP contribution in [0.2, 0.25) is 0 Å². The van der Waals surface area contributed by atoms with E-state index in [-0.39, 0.29) is 0 Å². The number of hydrogen-bond acceptors (Lipinski definition) is 3. The first-order valence-corrected chi connectivity index (χ1v) is 4.45. The lowest BCUT2D eigenvalue weighted by molar-refractivity contribution is 0.755. The van der Waals surface area contributed by atoms with Crippen LogP contribution in [0.4, 0.5) is 0 Å². The van der Waals surface area contributed by atoms with Gasteiger partial charge in [0.1, 0.15) is 0 Å². The van der Waals surface area contributed by atoms with E-state index >= 15 is 0 Å². The third kappa shape index (κ3) is 1.07. The Morgan fingerprint density at radius 1 is 1.70 bits per heavy atom. The molecule has 0 aromatic carbocycles. The fraction of sp³-hybridized carbons (Fsp3) is 0.571. The van der Waals surface area contributed by atoms with Crippen LogP contribution in [0, 0.1) is 0 Å². The summed E-state index contributed by atoms with van der Waals surface area (Å²) in [5, 5.41) is 6.67. The van der Waals surface area contributed by atoms with Crippen LogP contribution in [-0.4, -0.2) is 18.1 Å². The van der Waals surface area contributed by atoms with Gasteiger partial charge in [0.25, 0.3) is 0 Å². The van der Waals surface area contributed by atoms with Gasteiger partial charge >= 0.3 is 0 Å². The number of nitrogens with one attached hydrogen (secondary N) is 1. The fourth-order valence-electron chi connectivity index (χ4n) is 1.30. The summed E-state index contributed by atoms with van der Waals surface area (Å²) in [5.41, 5.74) is 0. The molecule has 1 fully saturated rings. The molecule has 2 heterocycles. The first-order valence-electron chi connectivity index (χ1n) is 3.57. The molecule has 1 aromatic heterocycles. The Bertz CT molecular complexity index is 189. The van der Waals surface area contributed by atoms with Gasteiger partial charge in [-0.2, -0.15) is 0 Å². The van der Waals surface area contributed by atoms with Crippen molar-refractivity contribution in [3.63, 3.8) is 0 Å². The number of rotatable bonds is 1. The summed E-state index contributed by atoms with van der Waals surface area (Å²) in [4.78, 5) is 4.28. The molecule has 54 valence electrons. The molecule has 3 heteroatoms. The highest BCUT2D eigenvalue weighted by atomic mass is 32.1. The molecule has 10 heavy (non-hydrogen) atoms. The Morgan fingerprint density at radius 3 is 3.30 bits per heavy atom. The standard InChI is InChI=1S/C7H10N2S/c1-2-8-5-6(1)7-9-3-4-10-7/h3-4,6,8H,1-2,5H2/t6-/m0/s1. The summed E-state index contributed by atoms with van der Waals surface area (Å²) in [6, 6.07) is 0. The molecule has 1 aliphatic heterocycles. The van der Waals surface area contributed by atoms with Crippen molar-refractivity contribution in [3.8, 4) is 0 Å². The van der Waals surface area contributed by atoms with Gasteiger partial charge in [0, 0.05) is 24.0 Å². The van der Waals surface area contributed by atoms with Crippen molar-refractivity contribution in [1.29, 1.82) is 0 Å². The quantitative estimate of drug-likeness (QED) is 0.658. The number of nitrogens with zero attached hydrogens (tertiary/aromatic N) is 1. The van der Waals surface area contributed by atoms with E-state index in [4.69, 9.17) is 0 Å². The molecule has 2 rings (SSSR count). The predicted octanol–water partition coefficient (Wildman–Crippen LogP) is 1.22. The van der Waals surface area contributed by atoms with Crippen LogP contribution in [-0.2, 0) is 0 Å². The largest absolute Gasteiger partial charge is 0.316 e. The van der Waals surface area contributed by atoms with Gasteiger partial charge in [-0.25, -0.2) is 4.98 Å². The molecule has 0 unspecified atom stereocenters. The van der Waals surface area contributed by atoms with Crippen LogP contribution in [0.1, 0.15) is 17.3 Å². The summed E-state index contributed by atoms with van der Waals surface area (Å²) in [7, 11) is 0. The third-order valence-electron chi connectivity index (χ3n) is 1.86. The lowest BCUT2D eigenvalue weighted by atomic mass is 10.1. The van der Waals surface area contributed by atoms with Crippen LogP contribution in [0.25, 0.3) is 0 Å². The van der Waals surface area contributed by atoms with Gasteiger partial charge in [-0.15, -0.1) is 11.3 Å². The highest BCUT2D eigenvalue weighted by molar-refractivity contribution is 7.09. The van der Waals surface area contributed by atoms with Crippen molar-refractivity contribution in [2.24, 2.45) is 0 Å². The molecule has 0 radical (unpaired) electrons. The summed E-state index contributed by atoms with van der Waals surface area (Å²) >= 11 is 1.77. The molecule has 0 spiro atoms. The van der Waals surface area contributed by atoms with Crippen LogP contribution in [0.3, 0.4) is 0 Å². The number of hydrogen-bond donors (Lipinski definition) is 1. The van der Waals surface area contributed by atoms with E-state index in [9.17, 15) is 0 Å². The van der Waals surface area contributed by atoms with Gasteiger partial charge in [0.2, 0.25) is 0 Å². The first-order chi connectivity index (χ1) is 4.97. The minimum absolute atomic E-state index is 0.694. The van der Waals surface area contributed by atoms with Crippen molar-refractivity contribution in [1.82, 2.24) is 10.3 Å². The predicted molar refractivity (Wildman–Crippen MR) is 42.3 cm³/mol. The van der Waals surface area contributed by atoms with E-state index in [1.807, 2.05) is 11.6 Å². The van der Waals surface area contributed by atoms with Gasteiger partial charge in [-0.1, -0.05) is 0 Å². The molecule has 0 amide bonds. The van der Waals surface area contributed by atoms with Crippen molar-refractivity contribution in [2.75, 3.05) is 13.1 Å². The van der Waals surface area contributed by atoms with Crippen LogP contribution >= 0.6 is 11.3 Å². The molecule has 1 atom stereocenters. The molecular formula is C7H10N2S. The third-order valence-corrected chi connectivity index (χ3v) is 2.80. The van der Waals surface area contributed by atoms with Gasteiger partial charge in [-0.3, -0.25) is 0 Å². The molecule has 2 nitrogen and oxygen atoms in total. The van der Waals surface area contributed by atoms with Gasteiger partial charge in [0.15, 0.2) is 0 Å². The summed E-state index contributed by atoms with van der Waals surface area (Å²) in [5.74, 6) is 0.694. The first kappa shape index (κ1) is 6.31. The normalized spacial score (nSPS) is 25.4.